The van der Waals surface area contributed by atoms with Crippen LogP contribution in [0.3, 0.4) is 0 Å². The quantitative estimate of drug-likeness (QED) is 0.722. The Labute approximate surface area is 121 Å². The maximum Gasteiger partial charge on any atom is 0.200 e. The zero-order valence-electron chi connectivity index (χ0n) is 11.5. The van der Waals surface area contributed by atoms with Crippen LogP contribution < -0.4 is 0 Å². The molecule has 1 fully saturated rings. The van der Waals surface area contributed by atoms with E-state index in [2.05, 4.69) is 20.3 Å². The lowest BCUT2D eigenvalue weighted by Crippen LogP contribution is -2.20. The van der Waals surface area contributed by atoms with Gasteiger partial charge in [0.25, 0.3) is 0 Å². The number of nitrogens with zero attached hydrogens (tertiary/aromatic N) is 5. The van der Waals surface area contributed by atoms with Gasteiger partial charge in [0.2, 0.25) is 5.82 Å². The minimum Gasteiger partial charge on any atom is -0.356 e. The normalized spacial score (nSPS) is 19.0. The van der Waals surface area contributed by atoms with Gasteiger partial charge in [0.05, 0.1) is 5.52 Å². The van der Waals surface area contributed by atoms with Crippen LogP contribution in [-0.2, 0) is 4.74 Å². The Bertz CT molecular complexity index is 763. The third kappa shape index (κ3) is 2.27. The van der Waals surface area contributed by atoms with Gasteiger partial charge in [-0.3, -0.25) is 0 Å². The molecule has 3 heterocycles. The first-order chi connectivity index (χ1) is 10.4. The molecule has 0 bridgehead atoms. The Hall–Kier alpha value is -2.34. The first-order valence-corrected chi connectivity index (χ1v) is 7.17. The van der Waals surface area contributed by atoms with Crippen LogP contribution in [0.4, 0.5) is 0 Å². The van der Waals surface area contributed by atoms with Gasteiger partial charge < -0.3 is 4.74 Å². The fourth-order valence-electron chi connectivity index (χ4n) is 2.63. The van der Waals surface area contributed by atoms with Crippen LogP contribution in [-0.4, -0.2) is 31.6 Å². The molecular weight excluding hydrogens is 266 g/mol. The summed E-state index contributed by atoms with van der Waals surface area (Å²) >= 11 is 0. The van der Waals surface area contributed by atoms with Crippen molar-refractivity contribution in [3.63, 3.8) is 0 Å². The van der Waals surface area contributed by atoms with E-state index in [1.165, 1.54) is 0 Å². The fourth-order valence-corrected chi connectivity index (χ4v) is 2.63. The van der Waals surface area contributed by atoms with Crippen molar-refractivity contribution in [3.8, 4) is 11.5 Å². The van der Waals surface area contributed by atoms with Crippen molar-refractivity contribution in [2.45, 2.75) is 25.5 Å². The summed E-state index contributed by atoms with van der Waals surface area (Å²) in [7, 11) is 0. The minimum atomic E-state index is -0.0289. The van der Waals surface area contributed by atoms with Crippen molar-refractivity contribution in [1.29, 1.82) is 0 Å². The highest BCUT2D eigenvalue weighted by Gasteiger charge is 2.20. The number of hydrogen-bond acceptors (Lipinski definition) is 5. The molecule has 6 heteroatoms. The first-order valence-electron chi connectivity index (χ1n) is 7.17. The molecule has 4 rings (SSSR count). The van der Waals surface area contributed by atoms with Crippen molar-refractivity contribution in [2.24, 2.45) is 0 Å². The molecule has 21 heavy (non-hydrogen) atoms. The van der Waals surface area contributed by atoms with Gasteiger partial charge >= 0.3 is 0 Å². The highest BCUT2D eigenvalue weighted by Crippen LogP contribution is 2.26. The van der Waals surface area contributed by atoms with Crippen LogP contribution in [0.1, 0.15) is 25.5 Å². The van der Waals surface area contributed by atoms with Gasteiger partial charge in [0.15, 0.2) is 6.23 Å². The number of para-hydroxylation sites is 1. The molecule has 1 unspecified atom stereocenters. The van der Waals surface area contributed by atoms with Gasteiger partial charge in [-0.2, -0.15) is 5.10 Å². The Balaban J connectivity index is 1.76. The van der Waals surface area contributed by atoms with Crippen LogP contribution in [0.5, 0.6) is 0 Å². The molecule has 1 saturated heterocycles. The highest BCUT2D eigenvalue weighted by molar-refractivity contribution is 5.74. The van der Waals surface area contributed by atoms with Crippen LogP contribution in [0.15, 0.2) is 36.5 Å². The molecule has 106 valence electrons. The summed E-state index contributed by atoms with van der Waals surface area (Å²) in [5.74, 6) is 0.584. The lowest BCUT2D eigenvalue weighted by Gasteiger charge is -2.24. The van der Waals surface area contributed by atoms with E-state index in [4.69, 9.17) is 4.74 Å². The van der Waals surface area contributed by atoms with Crippen molar-refractivity contribution in [2.75, 3.05) is 6.61 Å². The molecule has 0 radical (unpaired) electrons. The first kappa shape index (κ1) is 12.4. The summed E-state index contributed by atoms with van der Waals surface area (Å²) in [5, 5.41) is 12.8. The van der Waals surface area contributed by atoms with Crippen molar-refractivity contribution >= 4 is 11.0 Å². The number of benzene rings is 1. The van der Waals surface area contributed by atoms with Crippen LogP contribution in [0, 0.1) is 0 Å². The van der Waals surface area contributed by atoms with Gasteiger partial charge in [-0.25, -0.2) is 9.67 Å². The molecule has 1 aromatic carbocycles. The number of fused-ring (bicyclic) bond motifs is 1. The molecule has 1 aliphatic rings. The summed E-state index contributed by atoms with van der Waals surface area (Å²) in [5.41, 5.74) is 2.47. The van der Waals surface area contributed by atoms with Gasteiger partial charge in [0, 0.05) is 12.8 Å². The van der Waals surface area contributed by atoms with E-state index in [0.717, 1.165) is 42.6 Å². The van der Waals surface area contributed by atoms with Crippen molar-refractivity contribution in [3.05, 3.63) is 36.5 Å². The van der Waals surface area contributed by atoms with E-state index >= 15 is 0 Å². The molecular formula is C15H15N5O. The number of hydrogen-bond donors (Lipinski definition) is 0. The van der Waals surface area contributed by atoms with Gasteiger partial charge in [0.1, 0.15) is 11.2 Å². The lowest BCUT2D eigenvalue weighted by atomic mass is 10.2. The Morgan fingerprint density at radius 3 is 2.81 bits per heavy atom. The molecule has 0 aliphatic carbocycles. The molecule has 0 amide bonds. The highest BCUT2D eigenvalue weighted by atomic mass is 16.5. The second-order valence-electron chi connectivity index (χ2n) is 5.11. The Morgan fingerprint density at radius 2 is 1.95 bits per heavy atom. The molecule has 6 nitrogen and oxygen atoms in total. The second-order valence-corrected chi connectivity index (χ2v) is 5.11. The largest absolute Gasteiger partial charge is 0.356 e. The third-order valence-electron chi connectivity index (χ3n) is 3.69. The van der Waals surface area contributed by atoms with Crippen molar-refractivity contribution < 1.29 is 4.74 Å². The molecule has 1 aliphatic heterocycles. The van der Waals surface area contributed by atoms with E-state index in [9.17, 15) is 0 Å². The Morgan fingerprint density at radius 1 is 1.05 bits per heavy atom. The summed E-state index contributed by atoms with van der Waals surface area (Å²) < 4.78 is 7.66. The summed E-state index contributed by atoms with van der Waals surface area (Å²) in [6.45, 7) is 0.779. The zero-order valence-corrected chi connectivity index (χ0v) is 11.5. The Kier molecular flexibility index (Phi) is 3.08. The van der Waals surface area contributed by atoms with E-state index in [1.807, 2.05) is 35.0 Å². The predicted octanol–water partition coefficient (Wildman–Crippen LogP) is 2.59. The number of rotatable bonds is 2. The van der Waals surface area contributed by atoms with E-state index in [1.54, 1.807) is 6.20 Å². The molecule has 0 spiro atoms. The smallest absolute Gasteiger partial charge is 0.200 e. The molecule has 3 aromatic rings. The topological polar surface area (TPSA) is 65.7 Å². The van der Waals surface area contributed by atoms with Crippen LogP contribution in [0.25, 0.3) is 22.6 Å². The molecule has 2 aromatic heterocycles. The van der Waals surface area contributed by atoms with E-state index in [-0.39, 0.29) is 6.23 Å². The maximum absolute atomic E-state index is 5.80. The SMILES string of the molecule is c1ccc2nc(-c3ccnn3C3CCCCO3)nnc2c1. The lowest BCUT2D eigenvalue weighted by molar-refractivity contribution is -0.0384. The second kappa shape index (κ2) is 5.21. The van der Waals surface area contributed by atoms with Crippen LogP contribution >= 0.6 is 0 Å². The van der Waals surface area contributed by atoms with Crippen LogP contribution in [0.2, 0.25) is 0 Å². The van der Waals surface area contributed by atoms with Gasteiger partial charge in [-0.05, 0) is 37.5 Å². The molecule has 0 N–H and O–H groups in total. The van der Waals surface area contributed by atoms with E-state index < -0.39 is 0 Å². The maximum atomic E-state index is 5.80. The fraction of sp³-hybridized carbons (Fsp3) is 0.333. The average Bonchev–Trinajstić information content (AvgIpc) is 3.05. The van der Waals surface area contributed by atoms with E-state index in [0.29, 0.717) is 5.82 Å². The van der Waals surface area contributed by atoms with Gasteiger partial charge in [-0.15, -0.1) is 10.2 Å². The number of ether oxygens (including phenoxy) is 1. The summed E-state index contributed by atoms with van der Waals surface area (Å²) in [4.78, 5) is 4.58. The third-order valence-corrected chi connectivity index (χ3v) is 3.69. The zero-order chi connectivity index (χ0) is 14.1. The molecule has 0 saturated carbocycles. The van der Waals surface area contributed by atoms with Gasteiger partial charge in [-0.1, -0.05) is 12.1 Å². The summed E-state index contributed by atoms with van der Waals surface area (Å²) in [6.07, 6.45) is 4.96. The number of aromatic nitrogens is 5. The minimum absolute atomic E-state index is 0.0289. The monoisotopic (exact) mass is 281 g/mol. The molecule has 1 atom stereocenters. The summed E-state index contributed by atoms with van der Waals surface area (Å²) in [6, 6.07) is 9.62. The predicted molar refractivity (Wildman–Crippen MR) is 77.4 cm³/mol. The standard InChI is InChI=1S/C15H15N5O/c1-2-6-12-11(5-1)17-15(19-18-12)13-8-9-16-20(13)14-7-3-4-10-21-14/h1-2,5-6,8-9,14H,3-4,7,10H2. The van der Waals surface area contributed by atoms with Crippen molar-refractivity contribution in [1.82, 2.24) is 25.0 Å². The average molecular weight is 281 g/mol.